The summed E-state index contributed by atoms with van der Waals surface area (Å²) in [7, 11) is 0. The van der Waals surface area contributed by atoms with Crippen molar-refractivity contribution in [1.29, 1.82) is 0 Å². The molecule has 0 aliphatic heterocycles. The molecule has 178 valence electrons. The number of para-hydroxylation sites is 4. The van der Waals surface area contributed by atoms with Crippen molar-refractivity contribution in [3.8, 4) is 22.3 Å². The normalized spacial score (nSPS) is 12.3. The van der Waals surface area contributed by atoms with E-state index in [1.165, 1.54) is 27.8 Å². The fourth-order valence-corrected chi connectivity index (χ4v) is 6.19. The van der Waals surface area contributed by atoms with Gasteiger partial charge in [0.1, 0.15) is 5.52 Å². The third-order valence-electron chi connectivity index (χ3n) is 7.83. The largest absolute Gasteiger partial charge is 0.276 e. The fraction of sp³-hybridized carbons (Fsp3) is 0.0303. The number of aryl methyl sites for hydroxylation is 1. The predicted octanol–water partition coefficient (Wildman–Crippen LogP) is 7.77. The molecule has 0 saturated carbocycles. The zero-order valence-electron chi connectivity index (χ0n) is 20.6. The lowest BCUT2D eigenvalue weighted by atomic mass is 9.92. The quantitative estimate of drug-likeness (QED) is 0.250. The topological polar surface area (TPSA) is 39.0 Å². The van der Waals surface area contributed by atoms with Gasteiger partial charge >= 0.3 is 0 Å². The Morgan fingerprint density at radius 3 is 1.68 bits per heavy atom. The maximum absolute atomic E-state index is 5.08. The zero-order chi connectivity index (χ0) is 25.0. The minimum atomic E-state index is 0.890. The van der Waals surface area contributed by atoms with E-state index in [2.05, 4.69) is 117 Å². The standard InChI is InChI=1S/C33H21N5/c1-20-15-16-23(21-9-3-2-4-10-21)24(17-20)22-18-29-31-30(19-22)37-28-14-8-6-12-26(28)35-33(37)38(31)32-34-25-11-5-7-13-27(25)36(29)32/h2-19H,1H3. The van der Waals surface area contributed by atoms with Crippen LogP contribution in [0.5, 0.6) is 0 Å². The van der Waals surface area contributed by atoms with Crippen LogP contribution in [0.3, 0.4) is 0 Å². The molecule has 9 aromatic rings. The van der Waals surface area contributed by atoms with E-state index in [-0.39, 0.29) is 0 Å². The summed E-state index contributed by atoms with van der Waals surface area (Å²) in [5.74, 6) is 1.78. The van der Waals surface area contributed by atoms with Crippen molar-refractivity contribution in [2.45, 2.75) is 6.92 Å². The highest BCUT2D eigenvalue weighted by atomic mass is 15.3. The van der Waals surface area contributed by atoms with Gasteiger partial charge in [0.05, 0.1) is 33.1 Å². The Labute approximate surface area is 217 Å². The monoisotopic (exact) mass is 487 g/mol. The Morgan fingerprint density at radius 2 is 1.05 bits per heavy atom. The van der Waals surface area contributed by atoms with E-state index in [4.69, 9.17) is 9.97 Å². The summed E-state index contributed by atoms with van der Waals surface area (Å²) >= 11 is 0. The molecule has 0 fully saturated rings. The summed E-state index contributed by atoms with van der Waals surface area (Å²) in [6.07, 6.45) is 0. The van der Waals surface area contributed by atoms with Crippen molar-refractivity contribution in [3.05, 3.63) is 115 Å². The van der Waals surface area contributed by atoms with Gasteiger partial charge in [0.2, 0.25) is 11.6 Å². The third kappa shape index (κ3) is 2.45. The molecule has 0 atom stereocenters. The third-order valence-corrected chi connectivity index (χ3v) is 7.83. The highest BCUT2D eigenvalue weighted by Crippen LogP contribution is 2.40. The summed E-state index contributed by atoms with van der Waals surface area (Å²) in [6, 6.07) is 38.8. The first kappa shape index (κ1) is 20.0. The first-order valence-corrected chi connectivity index (χ1v) is 12.9. The van der Waals surface area contributed by atoms with Crippen LogP contribution in [-0.4, -0.2) is 23.2 Å². The van der Waals surface area contributed by atoms with Crippen LogP contribution >= 0.6 is 0 Å². The van der Waals surface area contributed by atoms with E-state index < -0.39 is 0 Å². The predicted molar refractivity (Wildman–Crippen MR) is 154 cm³/mol. The highest BCUT2D eigenvalue weighted by molar-refractivity contribution is 6.06. The van der Waals surface area contributed by atoms with Crippen molar-refractivity contribution in [2.75, 3.05) is 0 Å². The number of nitrogens with zero attached hydrogens (tertiary/aromatic N) is 5. The Hall–Kier alpha value is -5.16. The van der Waals surface area contributed by atoms with Crippen LogP contribution in [0.2, 0.25) is 0 Å². The second-order valence-corrected chi connectivity index (χ2v) is 10.1. The Morgan fingerprint density at radius 1 is 0.474 bits per heavy atom. The van der Waals surface area contributed by atoms with E-state index in [0.717, 1.165) is 50.2 Å². The average molecular weight is 488 g/mol. The summed E-state index contributed by atoms with van der Waals surface area (Å²) in [6.45, 7) is 2.16. The van der Waals surface area contributed by atoms with Gasteiger partial charge in [0.25, 0.3) is 0 Å². The van der Waals surface area contributed by atoms with Crippen LogP contribution in [0.4, 0.5) is 0 Å². The van der Waals surface area contributed by atoms with Crippen molar-refractivity contribution >= 4 is 50.2 Å². The van der Waals surface area contributed by atoms with E-state index in [1.54, 1.807) is 0 Å². The fourth-order valence-electron chi connectivity index (χ4n) is 6.19. The van der Waals surface area contributed by atoms with Gasteiger partial charge in [-0.2, -0.15) is 0 Å². The van der Waals surface area contributed by atoms with Gasteiger partial charge in [-0.1, -0.05) is 78.4 Å². The Balaban J connectivity index is 1.51. The average Bonchev–Trinajstić information content (AvgIpc) is 3.68. The molecular formula is C33H21N5. The first-order chi connectivity index (χ1) is 18.8. The summed E-state index contributed by atoms with van der Waals surface area (Å²) in [4.78, 5) is 10.2. The summed E-state index contributed by atoms with van der Waals surface area (Å²) in [5, 5.41) is 0. The molecule has 0 unspecified atom stereocenters. The molecule has 0 radical (unpaired) electrons. The van der Waals surface area contributed by atoms with Crippen molar-refractivity contribution in [1.82, 2.24) is 23.2 Å². The summed E-state index contributed by atoms with van der Waals surface area (Å²) < 4.78 is 6.81. The molecule has 4 heterocycles. The number of benzene rings is 5. The molecule has 0 amide bonds. The highest BCUT2D eigenvalue weighted by Gasteiger charge is 2.24. The maximum atomic E-state index is 5.08. The maximum Gasteiger partial charge on any atom is 0.223 e. The van der Waals surface area contributed by atoms with Crippen LogP contribution < -0.4 is 0 Å². The Kier molecular flexibility index (Phi) is 3.67. The molecule has 0 aliphatic rings. The molecule has 9 rings (SSSR count). The molecule has 0 saturated heterocycles. The van der Waals surface area contributed by atoms with Crippen molar-refractivity contribution < 1.29 is 0 Å². The van der Waals surface area contributed by atoms with Crippen LogP contribution in [0.1, 0.15) is 5.56 Å². The van der Waals surface area contributed by atoms with Gasteiger partial charge in [0.15, 0.2) is 0 Å². The lowest BCUT2D eigenvalue weighted by molar-refractivity contribution is 1.15. The van der Waals surface area contributed by atoms with Crippen LogP contribution in [-0.2, 0) is 0 Å². The molecular weight excluding hydrogens is 466 g/mol. The second kappa shape index (κ2) is 6.99. The van der Waals surface area contributed by atoms with E-state index in [0.29, 0.717) is 0 Å². The number of fused-ring (bicyclic) bond motifs is 10. The zero-order valence-corrected chi connectivity index (χ0v) is 20.6. The molecule has 0 aliphatic carbocycles. The number of imidazole rings is 4. The molecule has 5 nitrogen and oxygen atoms in total. The van der Waals surface area contributed by atoms with Crippen LogP contribution in [0, 0.1) is 6.92 Å². The van der Waals surface area contributed by atoms with E-state index in [1.807, 2.05) is 12.1 Å². The summed E-state index contributed by atoms with van der Waals surface area (Å²) in [5.41, 5.74) is 13.7. The molecule has 4 aromatic heterocycles. The van der Waals surface area contributed by atoms with E-state index >= 15 is 0 Å². The van der Waals surface area contributed by atoms with Gasteiger partial charge < -0.3 is 0 Å². The minimum absolute atomic E-state index is 0.890. The van der Waals surface area contributed by atoms with Gasteiger partial charge in [-0.25, -0.2) is 14.4 Å². The smallest absolute Gasteiger partial charge is 0.223 e. The Bertz CT molecular complexity index is 2230. The molecule has 5 aromatic carbocycles. The molecule has 5 heteroatoms. The van der Waals surface area contributed by atoms with Crippen LogP contribution in [0.25, 0.3) is 72.4 Å². The first-order valence-electron chi connectivity index (χ1n) is 12.9. The number of aromatic nitrogens is 5. The second-order valence-electron chi connectivity index (χ2n) is 10.1. The number of rotatable bonds is 2. The SMILES string of the molecule is Cc1ccc(-c2ccccc2)c(-c2cc3c4c(c2)n2c5ccccc5nc2n4c2nc4ccccc4n32)c1. The van der Waals surface area contributed by atoms with Gasteiger partial charge in [-0.15, -0.1) is 0 Å². The van der Waals surface area contributed by atoms with Crippen LogP contribution in [0.15, 0.2) is 109 Å². The van der Waals surface area contributed by atoms with E-state index in [9.17, 15) is 0 Å². The lowest BCUT2D eigenvalue weighted by Gasteiger charge is -2.12. The molecule has 0 N–H and O–H groups in total. The molecule has 0 spiro atoms. The molecule has 38 heavy (non-hydrogen) atoms. The number of hydrogen-bond donors (Lipinski definition) is 0. The van der Waals surface area contributed by atoms with Gasteiger partial charge in [-0.3, -0.25) is 8.80 Å². The molecule has 0 bridgehead atoms. The minimum Gasteiger partial charge on any atom is -0.276 e. The number of hydrogen-bond acceptors (Lipinski definition) is 2. The van der Waals surface area contributed by atoms with Crippen molar-refractivity contribution in [2.24, 2.45) is 0 Å². The lowest BCUT2D eigenvalue weighted by Crippen LogP contribution is -1.90. The van der Waals surface area contributed by atoms with Gasteiger partial charge in [-0.05, 0) is 65.6 Å². The van der Waals surface area contributed by atoms with Crippen molar-refractivity contribution in [3.63, 3.8) is 0 Å². The van der Waals surface area contributed by atoms with Gasteiger partial charge in [0, 0.05) is 0 Å².